The number of likely N-dealkylation sites (tertiary alicyclic amines) is 1. The maximum Gasteiger partial charge on any atom is 0.272 e. The summed E-state index contributed by atoms with van der Waals surface area (Å²) in [7, 11) is 3.11. The van der Waals surface area contributed by atoms with Crippen LogP contribution in [0.25, 0.3) is 0 Å². The van der Waals surface area contributed by atoms with Crippen LogP contribution in [0.1, 0.15) is 34.3 Å². The third-order valence-electron chi connectivity index (χ3n) is 5.33. The number of aryl methyl sites for hydroxylation is 1. The number of ether oxygens (including phenoxy) is 2. The molecule has 1 unspecified atom stereocenters. The second kappa shape index (κ2) is 9.46. The average Bonchev–Trinajstić information content (AvgIpc) is 3.26. The van der Waals surface area contributed by atoms with Gasteiger partial charge in [0, 0.05) is 36.3 Å². The van der Waals surface area contributed by atoms with Crippen molar-refractivity contribution in [3.8, 4) is 11.5 Å². The van der Waals surface area contributed by atoms with Gasteiger partial charge in [0.2, 0.25) is 5.91 Å². The monoisotopic (exact) mass is 427 g/mol. The Bertz CT molecular complexity index is 984. The summed E-state index contributed by atoms with van der Waals surface area (Å²) >= 11 is 0. The van der Waals surface area contributed by atoms with E-state index in [1.54, 1.807) is 39.3 Å². The molecule has 1 N–H and O–H groups in total. The minimum Gasteiger partial charge on any atom is -0.497 e. The molecule has 1 atom stereocenters. The first kappa shape index (κ1) is 22.1. The zero-order chi connectivity index (χ0) is 22.5. The fraction of sp³-hybridized carbons (Fsp3) is 0.364. The summed E-state index contributed by atoms with van der Waals surface area (Å²) in [4.78, 5) is 37.9. The van der Waals surface area contributed by atoms with Crippen LogP contribution in [0.2, 0.25) is 0 Å². The van der Waals surface area contributed by atoms with Crippen LogP contribution in [-0.2, 0) is 11.3 Å². The van der Waals surface area contributed by atoms with Crippen LogP contribution in [0.4, 0.5) is 5.69 Å². The largest absolute Gasteiger partial charge is 0.497 e. The number of carbonyl (C=O) groups excluding carboxylic acids is 2. The number of methoxy groups -OCH3 is 2. The van der Waals surface area contributed by atoms with Crippen LogP contribution in [0.5, 0.6) is 11.5 Å². The van der Waals surface area contributed by atoms with E-state index in [2.05, 4.69) is 5.32 Å². The lowest BCUT2D eigenvalue weighted by Crippen LogP contribution is -2.45. The predicted octanol–water partition coefficient (Wildman–Crippen LogP) is 2.84. The molecule has 1 aliphatic heterocycles. The molecule has 164 valence electrons. The number of benzene rings is 2. The van der Waals surface area contributed by atoms with E-state index in [1.807, 2.05) is 0 Å². The van der Waals surface area contributed by atoms with Crippen molar-refractivity contribution < 1.29 is 24.0 Å². The van der Waals surface area contributed by atoms with Gasteiger partial charge in [-0.15, -0.1) is 0 Å². The molecular weight excluding hydrogens is 402 g/mol. The van der Waals surface area contributed by atoms with E-state index < -0.39 is 11.0 Å². The van der Waals surface area contributed by atoms with Gasteiger partial charge < -0.3 is 19.7 Å². The van der Waals surface area contributed by atoms with Crippen LogP contribution >= 0.6 is 0 Å². The zero-order valence-corrected chi connectivity index (χ0v) is 17.7. The summed E-state index contributed by atoms with van der Waals surface area (Å²) < 4.78 is 10.5. The van der Waals surface area contributed by atoms with Gasteiger partial charge in [0.05, 0.1) is 19.1 Å². The Balaban J connectivity index is 1.70. The molecule has 3 rings (SSSR count). The summed E-state index contributed by atoms with van der Waals surface area (Å²) in [5.41, 5.74) is 1.51. The lowest BCUT2D eigenvalue weighted by Gasteiger charge is -2.24. The van der Waals surface area contributed by atoms with E-state index in [-0.39, 0.29) is 24.0 Å². The maximum atomic E-state index is 13.0. The van der Waals surface area contributed by atoms with Gasteiger partial charge in [-0.05, 0) is 49.6 Å². The second-order valence-corrected chi connectivity index (χ2v) is 7.35. The van der Waals surface area contributed by atoms with E-state index in [1.165, 1.54) is 23.1 Å². The molecule has 0 radical (unpaired) electrons. The van der Waals surface area contributed by atoms with Gasteiger partial charge in [0.25, 0.3) is 11.6 Å². The number of amides is 2. The Labute approximate surface area is 180 Å². The standard InChI is InChI=1S/C22H25N3O6/c1-14-9-16(6-7-19(14)25(28)29)22(27)24-8-4-5-20(24)21(26)23-13-15-10-17(30-2)12-18(11-15)31-3/h6-7,9-12,20H,4-5,8,13H2,1-3H3,(H,23,26). The number of carbonyl (C=O) groups is 2. The zero-order valence-electron chi connectivity index (χ0n) is 17.7. The molecule has 0 aromatic heterocycles. The van der Waals surface area contributed by atoms with Crippen LogP contribution < -0.4 is 14.8 Å². The van der Waals surface area contributed by atoms with Gasteiger partial charge in [0.1, 0.15) is 17.5 Å². The van der Waals surface area contributed by atoms with E-state index in [0.29, 0.717) is 42.0 Å². The van der Waals surface area contributed by atoms with Gasteiger partial charge in [-0.3, -0.25) is 19.7 Å². The highest BCUT2D eigenvalue weighted by Crippen LogP contribution is 2.25. The summed E-state index contributed by atoms with van der Waals surface area (Å²) in [6, 6.07) is 9.02. The first-order valence-corrected chi connectivity index (χ1v) is 9.89. The first-order chi connectivity index (χ1) is 14.8. The molecule has 1 heterocycles. The highest BCUT2D eigenvalue weighted by Gasteiger charge is 2.34. The number of hydrogen-bond acceptors (Lipinski definition) is 6. The molecule has 0 saturated carbocycles. The number of nitro groups is 1. The van der Waals surface area contributed by atoms with E-state index in [4.69, 9.17) is 9.47 Å². The smallest absolute Gasteiger partial charge is 0.272 e. The molecule has 1 saturated heterocycles. The Hall–Kier alpha value is -3.62. The molecule has 0 spiro atoms. The van der Waals surface area contributed by atoms with Crippen molar-refractivity contribution in [2.75, 3.05) is 20.8 Å². The summed E-state index contributed by atoms with van der Waals surface area (Å²) in [6.07, 6.45) is 1.27. The summed E-state index contributed by atoms with van der Waals surface area (Å²) in [5.74, 6) is 0.689. The molecule has 9 heteroatoms. The van der Waals surface area contributed by atoms with E-state index >= 15 is 0 Å². The fourth-order valence-electron chi connectivity index (χ4n) is 3.72. The SMILES string of the molecule is COc1cc(CNC(=O)C2CCCN2C(=O)c2ccc([N+](=O)[O-])c(C)c2)cc(OC)c1. The van der Waals surface area contributed by atoms with E-state index in [0.717, 1.165) is 5.56 Å². The molecule has 2 amide bonds. The predicted molar refractivity (Wildman–Crippen MR) is 113 cm³/mol. The van der Waals surface area contributed by atoms with Gasteiger partial charge in [-0.2, -0.15) is 0 Å². The van der Waals surface area contributed by atoms with Crippen molar-refractivity contribution in [2.24, 2.45) is 0 Å². The Morgan fingerprint density at radius 2 is 1.84 bits per heavy atom. The van der Waals surface area contributed by atoms with Crippen LogP contribution in [0, 0.1) is 17.0 Å². The highest BCUT2D eigenvalue weighted by molar-refractivity contribution is 5.98. The molecule has 0 bridgehead atoms. The Kier molecular flexibility index (Phi) is 6.74. The lowest BCUT2D eigenvalue weighted by molar-refractivity contribution is -0.385. The number of nitro benzene ring substituents is 1. The Morgan fingerprint density at radius 3 is 2.42 bits per heavy atom. The molecular formula is C22H25N3O6. The van der Waals surface area contributed by atoms with Gasteiger partial charge in [-0.1, -0.05) is 0 Å². The second-order valence-electron chi connectivity index (χ2n) is 7.35. The van der Waals surface area contributed by atoms with Crippen molar-refractivity contribution in [3.63, 3.8) is 0 Å². The van der Waals surface area contributed by atoms with Crippen molar-refractivity contribution in [1.29, 1.82) is 0 Å². The normalized spacial score (nSPS) is 15.5. The quantitative estimate of drug-likeness (QED) is 0.537. The van der Waals surface area contributed by atoms with Crippen molar-refractivity contribution >= 4 is 17.5 Å². The maximum absolute atomic E-state index is 13.0. The number of hydrogen-bond donors (Lipinski definition) is 1. The van der Waals surface area contributed by atoms with Crippen LogP contribution in [-0.4, -0.2) is 48.4 Å². The van der Waals surface area contributed by atoms with Crippen molar-refractivity contribution in [3.05, 3.63) is 63.2 Å². The summed E-state index contributed by atoms with van der Waals surface area (Å²) in [6.45, 7) is 2.31. The molecule has 9 nitrogen and oxygen atoms in total. The minimum atomic E-state index is -0.587. The fourth-order valence-corrected chi connectivity index (χ4v) is 3.72. The topological polar surface area (TPSA) is 111 Å². The van der Waals surface area contributed by atoms with E-state index in [9.17, 15) is 19.7 Å². The molecule has 2 aromatic rings. The molecule has 31 heavy (non-hydrogen) atoms. The third-order valence-corrected chi connectivity index (χ3v) is 5.33. The van der Waals surface area contributed by atoms with Gasteiger partial charge >= 0.3 is 0 Å². The molecule has 0 aliphatic carbocycles. The summed E-state index contributed by atoms with van der Waals surface area (Å²) in [5, 5.41) is 13.9. The highest BCUT2D eigenvalue weighted by atomic mass is 16.6. The number of nitrogens with zero attached hydrogens (tertiary/aromatic N) is 2. The van der Waals surface area contributed by atoms with Crippen molar-refractivity contribution in [1.82, 2.24) is 10.2 Å². The molecule has 1 aliphatic rings. The van der Waals surface area contributed by atoms with Gasteiger partial charge in [0.15, 0.2) is 0 Å². The number of rotatable bonds is 7. The van der Waals surface area contributed by atoms with Crippen LogP contribution in [0.3, 0.4) is 0 Å². The minimum absolute atomic E-state index is 0.0408. The molecule has 1 fully saturated rings. The van der Waals surface area contributed by atoms with Gasteiger partial charge in [-0.25, -0.2) is 0 Å². The lowest BCUT2D eigenvalue weighted by atomic mass is 10.1. The first-order valence-electron chi connectivity index (χ1n) is 9.89. The Morgan fingerprint density at radius 1 is 1.16 bits per heavy atom. The third kappa shape index (κ3) is 4.93. The molecule has 2 aromatic carbocycles. The van der Waals surface area contributed by atoms with Crippen molar-refractivity contribution in [2.45, 2.75) is 32.4 Å². The number of nitrogens with one attached hydrogen (secondary N) is 1. The average molecular weight is 427 g/mol. The van der Waals surface area contributed by atoms with Crippen LogP contribution in [0.15, 0.2) is 36.4 Å².